The van der Waals surface area contributed by atoms with Crippen LogP contribution >= 0.6 is 0 Å². The molecule has 0 aliphatic carbocycles. The zero-order valence-corrected chi connectivity index (χ0v) is 10.8. The molecule has 0 bridgehead atoms. The van der Waals surface area contributed by atoms with E-state index in [1.54, 1.807) is 25.5 Å². The Morgan fingerprint density at radius 3 is 3.00 bits per heavy atom. The van der Waals surface area contributed by atoms with Crippen LogP contribution in [-0.4, -0.2) is 21.3 Å². The second-order valence-electron chi connectivity index (χ2n) is 4.36. The zero-order valence-electron chi connectivity index (χ0n) is 10.8. The molecular formula is C14H17FN2O2. The molecule has 4 nitrogen and oxygen atoms in total. The highest BCUT2D eigenvalue weighted by molar-refractivity contribution is 5.35. The van der Waals surface area contributed by atoms with Crippen LogP contribution in [0, 0.1) is 5.82 Å². The predicted octanol–water partition coefficient (Wildman–Crippen LogP) is 2.54. The number of halogens is 1. The van der Waals surface area contributed by atoms with Crippen molar-refractivity contribution in [3.05, 3.63) is 48.3 Å². The monoisotopic (exact) mass is 264 g/mol. The molecule has 1 heterocycles. The lowest BCUT2D eigenvalue weighted by Crippen LogP contribution is -2.06. The minimum Gasteiger partial charge on any atom is -0.493 e. The van der Waals surface area contributed by atoms with Crippen molar-refractivity contribution in [2.24, 2.45) is 0 Å². The minimum atomic E-state index is -0.677. The van der Waals surface area contributed by atoms with Gasteiger partial charge in [-0.2, -0.15) is 0 Å². The molecule has 0 saturated carbocycles. The summed E-state index contributed by atoms with van der Waals surface area (Å²) in [6.07, 6.45) is 5.45. The number of nitrogens with zero attached hydrogens (tertiary/aromatic N) is 2. The summed E-state index contributed by atoms with van der Waals surface area (Å²) in [5, 5.41) is 9.59. The summed E-state index contributed by atoms with van der Waals surface area (Å²) < 4.78 is 20.7. The molecule has 0 aliphatic rings. The summed E-state index contributed by atoms with van der Waals surface area (Å²) in [6.45, 7) is 2.88. The number of ether oxygens (including phenoxy) is 1. The van der Waals surface area contributed by atoms with Gasteiger partial charge in [-0.3, -0.25) is 0 Å². The van der Waals surface area contributed by atoms with Crippen molar-refractivity contribution >= 4 is 0 Å². The smallest absolute Gasteiger partial charge is 0.127 e. The molecule has 1 aromatic carbocycles. The third-order valence-corrected chi connectivity index (χ3v) is 2.80. The van der Waals surface area contributed by atoms with E-state index in [0.717, 1.165) is 13.0 Å². The van der Waals surface area contributed by atoms with E-state index in [9.17, 15) is 9.50 Å². The van der Waals surface area contributed by atoms with E-state index in [1.807, 2.05) is 10.8 Å². The average Bonchev–Trinajstić information content (AvgIpc) is 2.87. The molecule has 5 heteroatoms. The van der Waals surface area contributed by atoms with Crippen LogP contribution in [-0.2, 0) is 6.54 Å². The van der Waals surface area contributed by atoms with E-state index in [2.05, 4.69) is 4.98 Å². The van der Waals surface area contributed by atoms with Crippen molar-refractivity contribution in [2.45, 2.75) is 26.0 Å². The molecule has 1 unspecified atom stereocenters. The van der Waals surface area contributed by atoms with Gasteiger partial charge in [0.2, 0.25) is 0 Å². The SMILES string of the molecule is CC(O)c1ccc(F)cc1OCCCn1ccnc1. The maximum atomic E-state index is 13.2. The Morgan fingerprint density at radius 1 is 1.47 bits per heavy atom. The van der Waals surface area contributed by atoms with Crippen molar-refractivity contribution in [3.63, 3.8) is 0 Å². The third kappa shape index (κ3) is 3.79. The van der Waals surface area contributed by atoms with E-state index < -0.39 is 6.10 Å². The first-order chi connectivity index (χ1) is 9.16. The normalized spacial score (nSPS) is 12.4. The van der Waals surface area contributed by atoms with Crippen molar-refractivity contribution in [1.82, 2.24) is 9.55 Å². The molecule has 1 aromatic heterocycles. The maximum Gasteiger partial charge on any atom is 0.127 e. The van der Waals surface area contributed by atoms with E-state index >= 15 is 0 Å². The minimum absolute atomic E-state index is 0.367. The largest absolute Gasteiger partial charge is 0.493 e. The Hall–Kier alpha value is -1.88. The number of benzene rings is 1. The van der Waals surface area contributed by atoms with Gasteiger partial charge in [-0.15, -0.1) is 0 Å². The molecule has 0 aliphatic heterocycles. The number of aliphatic hydroxyl groups is 1. The van der Waals surface area contributed by atoms with Crippen LogP contribution in [0.5, 0.6) is 5.75 Å². The first-order valence-electron chi connectivity index (χ1n) is 6.23. The lowest BCUT2D eigenvalue weighted by Gasteiger charge is -2.13. The van der Waals surface area contributed by atoms with Crippen LogP contribution in [0.25, 0.3) is 0 Å². The van der Waals surface area contributed by atoms with Crippen LogP contribution in [0.15, 0.2) is 36.9 Å². The van der Waals surface area contributed by atoms with Gasteiger partial charge >= 0.3 is 0 Å². The van der Waals surface area contributed by atoms with Crippen molar-refractivity contribution in [1.29, 1.82) is 0 Å². The molecule has 1 atom stereocenters. The standard InChI is InChI=1S/C14H17FN2O2/c1-11(18)13-4-3-12(15)9-14(13)19-8-2-6-17-7-5-16-10-17/h3-5,7,9-11,18H,2,6,8H2,1H3. The molecule has 2 rings (SSSR count). The quantitative estimate of drug-likeness (QED) is 0.816. The second kappa shape index (κ2) is 6.33. The summed E-state index contributed by atoms with van der Waals surface area (Å²) in [4.78, 5) is 3.95. The number of hydrogen-bond acceptors (Lipinski definition) is 3. The fourth-order valence-corrected chi connectivity index (χ4v) is 1.83. The Kier molecular flexibility index (Phi) is 4.52. The topological polar surface area (TPSA) is 47.3 Å². The van der Waals surface area contributed by atoms with Gasteiger partial charge in [0.1, 0.15) is 11.6 Å². The molecule has 2 aromatic rings. The molecular weight excluding hydrogens is 247 g/mol. The number of aromatic nitrogens is 2. The summed E-state index contributed by atoms with van der Waals surface area (Å²) in [6, 6.07) is 4.17. The Morgan fingerprint density at radius 2 is 2.32 bits per heavy atom. The number of aliphatic hydroxyl groups excluding tert-OH is 1. The number of rotatable bonds is 6. The molecule has 102 valence electrons. The maximum absolute atomic E-state index is 13.2. The zero-order chi connectivity index (χ0) is 13.7. The van der Waals surface area contributed by atoms with Crippen LogP contribution in [0.2, 0.25) is 0 Å². The van der Waals surface area contributed by atoms with E-state index in [1.165, 1.54) is 12.1 Å². The van der Waals surface area contributed by atoms with Gasteiger partial charge in [-0.05, 0) is 25.5 Å². The molecule has 0 amide bonds. The first kappa shape index (κ1) is 13.5. The van der Waals surface area contributed by atoms with Crippen molar-refractivity contribution in [3.8, 4) is 5.75 Å². The predicted molar refractivity (Wildman–Crippen MR) is 69.4 cm³/mol. The summed E-state index contributed by atoms with van der Waals surface area (Å²) in [5.41, 5.74) is 0.601. The Bertz CT molecular complexity index is 512. The van der Waals surface area contributed by atoms with Gasteiger partial charge in [-0.1, -0.05) is 0 Å². The Labute approximate surface area is 111 Å². The molecule has 1 N–H and O–H groups in total. The second-order valence-corrected chi connectivity index (χ2v) is 4.36. The van der Waals surface area contributed by atoms with Gasteiger partial charge in [0.25, 0.3) is 0 Å². The fourth-order valence-electron chi connectivity index (χ4n) is 1.83. The third-order valence-electron chi connectivity index (χ3n) is 2.80. The summed E-state index contributed by atoms with van der Waals surface area (Å²) >= 11 is 0. The molecule has 0 spiro atoms. The summed E-state index contributed by atoms with van der Waals surface area (Å²) in [7, 11) is 0. The van der Waals surface area contributed by atoms with Gasteiger partial charge in [0.05, 0.1) is 19.0 Å². The Balaban J connectivity index is 1.89. The molecule has 0 fully saturated rings. The molecule has 0 radical (unpaired) electrons. The summed E-state index contributed by atoms with van der Waals surface area (Å²) in [5.74, 6) is 0.0367. The van der Waals surface area contributed by atoms with Gasteiger partial charge in [-0.25, -0.2) is 9.37 Å². The van der Waals surface area contributed by atoms with Crippen LogP contribution in [0.1, 0.15) is 25.0 Å². The van der Waals surface area contributed by atoms with Crippen LogP contribution in [0.3, 0.4) is 0 Å². The van der Waals surface area contributed by atoms with Crippen molar-refractivity contribution in [2.75, 3.05) is 6.61 Å². The van der Waals surface area contributed by atoms with E-state index in [4.69, 9.17) is 4.74 Å². The average molecular weight is 264 g/mol. The lowest BCUT2D eigenvalue weighted by molar-refractivity contribution is 0.190. The molecule has 19 heavy (non-hydrogen) atoms. The number of hydrogen-bond donors (Lipinski definition) is 1. The lowest BCUT2D eigenvalue weighted by atomic mass is 10.1. The van der Waals surface area contributed by atoms with Gasteiger partial charge in [0.15, 0.2) is 0 Å². The van der Waals surface area contributed by atoms with Gasteiger partial charge < -0.3 is 14.4 Å². The van der Waals surface area contributed by atoms with Crippen LogP contribution in [0.4, 0.5) is 4.39 Å². The van der Waals surface area contributed by atoms with E-state index in [0.29, 0.717) is 17.9 Å². The first-order valence-corrected chi connectivity index (χ1v) is 6.23. The fraction of sp³-hybridized carbons (Fsp3) is 0.357. The highest BCUT2D eigenvalue weighted by atomic mass is 19.1. The van der Waals surface area contributed by atoms with E-state index in [-0.39, 0.29) is 5.82 Å². The van der Waals surface area contributed by atoms with Crippen LogP contribution < -0.4 is 4.74 Å². The highest BCUT2D eigenvalue weighted by Gasteiger charge is 2.10. The highest BCUT2D eigenvalue weighted by Crippen LogP contribution is 2.26. The van der Waals surface area contributed by atoms with Gasteiger partial charge in [0, 0.05) is 30.6 Å². The molecule has 0 saturated heterocycles. The number of aryl methyl sites for hydroxylation is 1. The number of imidazole rings is 1. The van der Waals surface area contributed by atoms with Crippen molar-refractivity contribution < 1.29 is 14.2 Å².